The van der Waals surface area contributed by atoms with Crippen molar-refractivity contribution in [1.82, 2.24) is 4.98 Å². The maximum Gasteiger partial charge on any atom is 0.132 e. The molecule has 1 aromatic heterocycles. The van der Waals surface area contributed by atoms with Crippen LogP contribution in [-0.2, 0) is 0 Å². The van der Waals surface area contributed by atoms with E-state index in [0.29, 0.717) is 10.6 Å². The predicted octanol–water partition coefficient (Wildman–Crippen LogP) is 3.31. The summed E-state index contributed by atoms with van der Waals surface area (Å²) in [6, 6.07) is 6.20. The normalized spacial score (nSPS) is 10.0. The minimum atomic E-state index is 0.621. The second-order valence-electron chi connectivity index (χ2n) is 3.80. The molecule has 3 nitrogen and oxygen atoms in total. The molecule has 4 heteroatoms. The van der Waals surface area contributed by atoms with E-state index in [0.717, 1.165) is 22.4 Å². The third-order valence-electron chi connectivity index (χ3n) is 2.57. The fourth-order valence-corrected chi connectivity index (χ4v) is 2.48. The second-order valence-corrected chi connectivity index (χ2v) is 4.66. The average Bonchev–Trinajstić information content (AvgIpc) is 2.75. The van der Waals surface area contributed by atoms with Crippen LogP contribution < -0.4 is 4.74 Å². The first-order valence-corrected chi connectivity index (χ1v) is 6.04. The number of hydrogen-bond acceptors (Lipinski definition) is 4. The Morgan fingerprint density at radius 2 is 2.12 bits per heavy atom. The Hall–Kier alpha value is -1.86. The minimum absolute atomic E-state index is 0.621. The zero-order chi connectivity index (χ0) is 12.4. The van der Waals surface area contributed by atoms with Gasteiger partial charge in [-0.1, -0.05) is 6.07 Å². The fourth-order valence-electron chi connectivity index (χ4n) is 1.90. The zero-order valence-electron chi connectivity index (χ0n) is 9.94. The molecule has 0 amide bonds. The summed E-state index contributed by atoms with van der Waals surface area (Å²) in [5, 5.41) is 9.06. The lowest BCUT2D eigenvalue weighted by Gasteiger charge is -2.11. The largest absolute Gasteiger partial charge is 0.496 e. The summed E-state index contributed by atoms with van der Waals surface area (Å²) in [5.41, 5.74) is 5.52. The Kier molecular flexibility index (Phi) is 3.12. The molecule has 0 atom stereocenters. The Morgan fingerprint density at radius 1 is 1.35 bits per heavy atom. The van der Waals surface area contributed by atoms with E-state index in [9.17, 15) is 0 Å². The minimum Gasteiger partial charge on any atom is -0.496 e. The number of thiazole rings is 1. The number of ether oxygens (including phenoxy) is 1. The number of nitrogens with zero attached hydrogens (tertiary/aromatic N) is 2. The number of nitriles is 1. The first-order valence-electron chi connectivity index (χ1n) is 5.16. The van der Waals surface area contributed by atoms with Crippen LogP contribution in [0.3, 0.4) is 0 Å². The maximum absolute atomic E-state index is 9.06. The van der Waals surface area contributed by atoms with Crippen molar-refractivity contribution >= 4 is 11.3 Å². The highest BCUT2D eigenvalue weighted by Crippen LogP contribution is 2.36. The number of aryl methyl sites for hydroxylation is 2. The molecule has 0 fully saturated rings. The zero-order valence-corrected chi connectivity index (χ0v) is 10.8. The number of hydrogen-bond donors (Lipinski definition) is 0. The lowest BCUT2D eigenvalue weighted by atomic mass is 10.0. The molecule has 1 aromatic carbocycles. The van der Waals surface area contributed by atoms with E-state index in [1.807, 2.05) is 19.9 Å². The Balaban J connectivity index is 2.71. The molecule has 86 valence electrons. The maximum atomic E-state index is 9.06. The van der Waals surface area contributed by atoms with Gasteiger partial charge in [-0.15, -0.1) is 11.3 Å². The van der Waals surface area contributed by atoms with Crippen LogP contribution in [0.25, 0.3) is 11.3 Å². The quantitative estimate of drug-likeness (QED) is 0.814. The number of rotatable bonds is 2. The SMILES string of the molecule is COc1cc(C)cc(C)c1-c1ncsc1C#N. The van der Waals surface area contributed by atoms with Crippen molar-refractivity contribution in [1.29, 1.82) is 5.26 Å². The summed E-state index contributed by atoms with van der Waals surface area (Å²) in [5.74, 6) is 0.768. The molecule has 0 saturated heterocycles. The van der Waals surface area contributed by atoms with E-state index in [-0.39, 0.29) is 0 Å². The third kappa shape index (κ3) is 2.02. The van der Waals surface area contributed by atoms with Gasteiger partial charge in [0, 0.05) is 5.56 Å². The summed E-state index contributed by atoms with van der Waals surface area (Å²) in [4.78, 5) is 4.89. The molecule has 2 rings (SSSR count). The Labute approximate surface area is 104 Å². The van der Waals surface area contributed by atoms with Gasteiger partial charge in [0.2, 0.25) is 0 Å². The average molecular weight is 244 g/mol. The lowest BCUT2D eigenvalue weighted by Crippen LogP contribution is -1.94. The summed E-state index contributed by atoms with van der Waals surface area (Å²) in [7, 11) is 1.64. The van der Waals surface area contributed by atoms with Crippen LogP contribution in [0.15, 0.2) is 17.6 Å². The third-order valence-corrected chi connectivity index (χ3v) is 3.30. The van der Waals surface area contributed by atoms with Gasteiger partial charge in [0.1, 0.15) is 22.4 Å². The molecule has 0 aliphatic rings. The van der Waals surface area contributed by atoms with E-state index in [1.54, 1.807) is 12.6 Å². The number of methoxy groups -OCH3 is 1. The first-order chi connectivity index (χ1) is 8.17. The van der Waals surface area contributed by atoms with Gasteiger partial charge in [-0.3, -0.25) is 0 Å². The van der Waals surface area contributed by atoms with Crippen LogP contribution in [0.2, 0.25) is 0 Å². The Morgan fingerprint density at radius 3 is 2.76 bits per heavy atom. The highest BCUT2D eigenvalue weighted by Gasteiger charge is 2.16. The van der Waals surface area contributed by atoms with Crippen molar-refractivity contribution in [2.45, 2.75) is 13.8 Å². The van der Waals surface area contributed by atoms with Crippen molar-refractivity contribution in [3.63, 3.8) is 0 Å². The van der Waals surface area contributed by atoms with Crippen molar-refractivity contribution in [3.8, 4) is 23.1 Å². The van der Waals surface area contributed by atoms with E-state index in [2.05, 4.69) is 17.1 Å². The van der Waals surface area contributed by atoms with Gasteiger partial charge in [-0.2, -0.15) is 5.26 Å². The van der Waals surface area contributed by atoms with Gasteiger partial charge in [0.05, 0.1) is 12.6 Å². The smallest absolute Gasteiger partial charge is 0.132 e. The molecule has 2 aromatic rings. The number of benzene rings is 1. The molecule has 0 saturated carbocycles. The van der Waals surface area contributed by atoms with Crippen LogP contribution in [0.5, 0.6) is 5.75 Å². The fraction of sp³-hybridized carbons (Fsp3) is 0.231. The molecule has 0 bridgehead atoms. The monoisotopic (exact) mass is 244 g/mol. The summed E-state index contributed by atoms with van der Waals surface area (Å²) >= 11 is 1.35. The van der Waals surface area contributed by atoms with Gasteiger partial charge in [0.15, 0.2) is 0 Å². The van der Waals surface area contributed by atoms with Crippen LogP contribution in [-0.4, -0.2) is 12.1 Å². The van der Waals surface area contributed by atoms with Crippen LogP contribution in [0, 0.1) is 25.2 Å². The van der Waals surface area contributed by atoms with Gasteiger partial charge in [-0.25, -0.2) is 4.98 Å². The van der Waals surface area contributed by atoms with Gasteiger partial charge in [0.25, 0.3) is 0 Å². The predicted molar refractivity (Wildman–Crippen MR) is 68.3 cm³/mol. The van der Waals surface area contributed by atoms with Crippen LogP contribution >= 0.6 is 11.3 Å². The molecular formula is C13H12N2OS. The van der Waals surface area contributed by atoms with E-state index < -0.39 is 0 Å². The van der Waals surface area contributed by atoms with Crippen molar-refractivity contribution in [2.24, 2.45) is 0 Å². The van der Waals surface area contributed by atoms with Crippen LogP contribution in [0.1, 0.15) is 16.0 Å². The summed E-state index contributed by atoms with van der Waals surface area (Å²) in [6.45, 7) is 4.02. The van der Waals surface area contributed by atoms with Gasteiger partial charge in [-0.05, 0) is 31.0 Å². The summed E-state index contributed by atoms with van der Waals surface area (Å²) < 4.78 is 5.39. The van der Waals surface area contributed by atoms with Crippen molar-refractivity contribution in [2.75, 3.05) is 7.11 Å². The molecule has 1 heterocycles. The van der Waals surface area contributed by atoms with Gasteiger partial charge < -0.3 is 4.74 Å². The molecule has 0 radical (unpaired) electrons. The molecule has 0 aliphatic carbocycles. The number of aromatic nitrogens is 1. The molecule has 0 N–H and O–H groups in total. The highest BCUT2D eigenvalue weighted by molar-refractivity contribution is 7.10. The molecular weight excluding hydrogens is 232 g/mol. The Bertz CT molecular complexity index is 596. The van der Waals surface area contributed by atoms with E-state index >= 15 is 0 Å². The van der Waals surface area contributed by atoms with Crippen molar-refractivity contribution in [3.05, 3.63) is 33.6 Å². The van der Waals surface area contributed by atoms with Crippen molar-refractivity contribution < 1.29 is 4.74 Å². The molecule has 0 spiro atoms. The second kappa shape index (κ2) is 4.56. The molecule has 0 aliphatic heterocycles. The molecule has 17 heavy (non-hydrogen) atoms. The van der Waals surface area contributed by atoms with Gasteiger partial charge >= 0.3 is 0 Å². The topological polar surface area (TPSA) is 45.9 Å². The van der Waals surface area contributed by atoms with E-state index in [4.69, 9.17) is 10.00 Å². The standard InChI is InChI=1S/C13H12N2OS/c1-8-4-9(2)12(10(5-8)16-3)13-11(6-14)17-7-15-13/h4-5,7H,1-3H3. The lowest BCUT2D eigenvalue weighted by molar-refractivity contribution is 0.415. The summed E-state index contributed by atoms with van der Waals surface area (Å²) in [6.07, 6.45) is 0. The first kappa shape index (κ1) is 11.6. The molecule has 0 unspecified atom stereocenters. The highest BCUT2D eigenvalue weighted by atomic mass is 32.1. The van der Waals surface area contributed by atoms with E-state index in [1.165, 1.54) is 11.3 Å². The van der Waals surface area contributed by atoms with Crippen LogP contribution in [0.4, 0.5) is 0 Å².